The van der Waals surface area contributed by atoms with E-state index in [1.165, 1.54) is 6.07 Å². The molecule has 0 amide bonds. The molecule has 0 radical (unpaired) electrons. The van der Waals surface area contributed by atoms with Crippen molar-refractivity contribution in [2.75, 3.05) is 6.61 Å². The second-order valence-corrected chi connectivity index (χ2v) is 4.38. The van der Waals surface area contributed by atoms with Gasteiger partial charge in [0.1, 0.15) is 23.7 Å². The summed E-state index contributed by atoms with van der Waals surface area (Å²) in [5.74, 6) is 0.362. The lowest BCUT2D eigenvalue weighted by molar-refractivity contribution is 0.174. The van der Waals surface area contributed by atoms with Crippen LogP contribution in [0.25, 0.3) is 0 Å². The molecular formula is C15H21NO4. The molecule has 1 aromatic rings. The first-order valence-electron chi connectivity index (χ1n) is 6.80. The lowest BCUT2D eigenvalue weighted by atomic mass is 10.1. The number of aromatic hydroxyl groups is 1. The summed E-state index contributed by atoms with van der Waals surface area (Å²) in [6, 6.07) is 1.47. The van der Waals surface area contributed by atoms with E-state index in [1.54, 1.807) is 6.08 Å². The van der Waals surface area contributed by atoms with Crippen molar-refractivity contribution < 1.29 is 14.4 Å². The fourth-order valence-electron chi connectivity index (χ4n) is 1.79. The number of rotatable bonds is 8. The van der Waals surface area contributed by atoms with Gasteiger partial charge in [0, 0.05) is 12.5 Å². The summed E-state index contributed by atoms with van der Waals surface area (Å²) in [6.45, 7) is 7.68. The van der Waals surface area contributed by atoms with Crippen LogP contribution in [0.5, 0.6) is 5.75 Å². The molecular weight excluding hydrogens is 258 g/mol. The molecule has 0 saturated heterocycles. The number of nitrogens with zero attached hydrogens (tertiary/aromatic N) is 1. The predicted molar refractivity (Wildman–Crippen MR) is 78.2 cm³/mol. The highest BCUT2D eigenvalue weighted by molar-refractivity contribution is 6.01. The Labute approximate surface area is 118 Å². The smallest absolute Gasteiger partial charge is 0.349 e. The monoisotopic (exact) mass is 279 g/mol. The minimum Gasteiger partial charge on any atom is -0.507 e. The Morgan fingerprint density at radius 1 is 1.50 bits per heavy atom. The summed E-state index contributed by atoms with van der Waals surface area (Å²) in [4.78, 5) is 17.0. The summed E-state index contributed by atoms with van der Waals surface area (Å²) in [5.41, 5.74) is -0.109. The summed E-state index contributed by atoms with van der Waals surface area (Å²) >= 11 is 0. The molecule has 5 nitrogen and oxygen atoms in total. The molecule has 0 aliphatic carbocycles. The van der Waals surface area contributed by atoms with E-state index in [-0.39, 0.29) is 17.9 Å². The maximum Gasteiger partial charge on any atom is 0.349 e. The Balaban J connectivity index is 3.16. The summed E-state index contributed by atoms with van der Waals surface area (Å²) in [6.07, 6.45) is 4.28. The van der Waals surface area contributed by atoms with Crippen LogP contribution in [0.15, 0.2) is 33.1 Å². The van der Waals surface area contributed by atoms with Crippen molar-refractivity contribution in [1.29, 1.82) is 0 Å². The molecule has 0 bridgehead atoms. The van der Waals surface area contributed by atoms with E-state index in [1.807, 2.05) is 13.8 Å². The molecule has 0 aliphatic rings. The van der Waals surface area contributed by atoms with Crippen molar-refractivity contribution in [2.45, 2.75) is 39.5 Å². The van der Waals surface area contributed by atoms with Crippen LogP contribution in [0.3, 0.4) is 0 Å². The molecule has 1 heterocycles. The SMILES string of the molecule is C=CCON=C(CCC)c1c(O)cc(CCC)oc1=O. The number of hydrogen-bond acceptors (Lipinski definition) is 5. The van der Waals surface area contributed by atoms with E-state index >= 15 is 0 Å². The van der Waals surface area contributed by atoms with Gasteiger partial charge < -0.3 is 14.4 Å². The predicted octanol–water partition coefficient (Wildman–Crippen LogP) is 3.00. The standard InChI is InChI=1S/C15H21NO4/c1-4-7-11-10-13(17)14(15(18)20-11)12(8-5-2)16-19-9-6-3/h6,10,17H,3-5,7-9H2,1-2H3. The van der Waals surface area contributed by atoms with E-state index in [9.17, 15) is 9.90 Å². The van der Waals surface area contributed by atoms with Gasteiger partial charge in [-0.3, -0.25) is 0 Å². The van der Waals surface area contributed by atoms with Gasteiger partial charge in [-0.1, -0.05) is 38.1 Å². The van der Waals surface area contributed by atoms with Crippen LogP contribution in [0.4, 0.5) is 0 Å². The van der Waals surface area contributed by atoms with Gasteiger partial charge in [-0.25, -0.2) is 4.79 Å². The number of oxime groups is 1. The Bertz CT molecular complexity index is 531. The molecule has 1 aromatic heterocycles. The summed E-state index contributed by atoms with van der Waals surface area (Å²) in [5, 5.41) is 13.9. The molecule has 0 aliphatic heterocycles. The third kappa shape index (κ3) is 4.26. The van der Waals surface area contributed by atoms with Crippen LogP contribution in [0, 0.1) is 0 Å². The molecule has 0 fully saturated rings. The second-order valence-electron chi connectivity index (χ2n) is 4.38. The van der Waals surface area contributed by atoms with Gasteiger partial charge in [0.05, 0.1) is 5.71 Å². The van der Waals surface area contributed by atoms with Gasteiger partial charge >= 0.3 is 5.63 Å². The van der Waals surface area contributed by atoms with Crippen molar-refractivity contribution in [3.63, 3.8) is 0 Å². The van der Waals surface area contributed by atoms with Crippen molar-refractivity contribution in [1.82, 2.24) is 0 Å². The van der Waals surface area contributed by atoms with Gasteiger partial charge in [0.2, 0.25) is 0 Å². The van der Waals surface area contributed by atoms with Crippen molar-refractivity contribution >= 4 is 5.71 Å². The van der Waals surface area contributed by atoms with Crippen molar-refractivity contribution in [3.8, 4) is 5.75 Å². The Kier molecular flexibility index (Phi) is 6.56. The maximum atomic E-state index is 12.0. The molecule has 0 saturated carbocycles. The van der Waals surface area contributed by atoms with Gasteiger partial charge in [0.15, 0.2) is 0 Å². The first kappa shape index (κ1) is 16.0. The zero-order valence-corrected chi connectivity index (χ0v) is 12.0. The number of hydrogen-bond donors (Lipinski definition) is 1. The fraction of sp³-hybridized carbons (Fsp3) is 0.467. The third-order valence-corrected chi connectivity index (χ3v) is 2.62. The van der Waals surface area contributed by atoms with Crippen LogP contribution in [0.2, 0.25) is 0 Å². The zero-order chi connectivity index (χ0) is 15.0. The van der Waals surface area contributed by atoms with Gasteiger partial charge in [-0.2, -0.15) is 0 Å². The fourth-order valence-corrected chi connectivity index (χ4v) is 1.79. The lowest BCUT2D eigenvalue weighted by Gasteiger charge is -2.07. The third-order valence-electron chi connectivity index (χ3n) is 2.62. The average molecular weight is 279 g/mol. The summed E-state index contributed by atoms with van der Waals surface area (Å²) in [7, 11) is 0. The molecule has 1 rings (SSSR count). The van der Waals surface area contributed by atoms with E-state index in [0.29, 0.717) is 24.3 Å². The maximum absolute atomic E-state index is 12.0. The van der Waals surface area contributed by atoms with Crippen LogP contribution in [-0.4, -0.2) is 17.4 Å². The van der Waals surface area contributed by atoms with Crippen molar-refractivity contribution in [2.24, 2.45) is 5.16 Å². The topological polar surface area (TPSA) is 72.0 Å². The first-order valence-corrected chi connectivity index (χ1v) is 6.80. The van der Waals surface area contributed by atoms with Gasteiger partial charge in [-0.15, -0.1) is 0 Å². The van der Waals surface area contributed by atoms with Crippen LogP contribution in [-0.2, 0) is 11.3 Å². The van der Waals surface area contributed by atoms with Crippen molar-refractivity contribution in [3.05, 3.63) is 40.5 Å². The minimum atomic E-state index is -0.581. The largest absolute Gasteiger partial charge is 0.507 e. The van der Waals surface area contributed by atoms with Gasteiger partial charge in [-0.05, 0) is 12.8 Å². The normalized spacial score (nSPS) is 11.4. The quantitative estimate of drug-likeness (QED) is 0.343. The van der Waals surface area contributed by atoms with Crippen LogP contribution >= 0.6 is 0 Å². The Hall–Kier alpha value is -2.04. The minimum absolute atomic E-state index is 0.0794. The van der Waals surface area contributed by atoms with E-state index in [4.69, 9.17) is 9.25 Å². The highest BCUT2D eigenvalue weighted by Crippen LogP contribution is 2.19. The molecule has 1 N–H and O–H groups in total. The molecule has 0 atom stereocenters. The van der Waals surface area contributed by atoms with Gasteiger partial charge in [0.25, 0.3) is 0 Å². The van der Waals surface area contributed by atoms with Crippen LogP contribution < -0.4 is 5.63 Å². The van der Waals surface area contributed by atoms with E-state index in [2.05, 4.69) is 11.7 Å². The average Bonchev–Trinajstić information content (AvgIpc) is 2.38. The molecule has 0 aromatic carbocycles. The first-order chi connectivity index (χ1) is 9.63. The van der Waals surface area contributed by atoms with E-state index < -0.39 is 5.63 Å². The molecule has 0 unspecified atom stereocenters. The number of aryl methyl sites for hydroxylation is 1. The molecule has 110 valence electrons. The van der Waals surface area contributed by atoms with Crippen LogP contribution in [0.1, 0.15) is 44.4 Å². The molecule has 5 heteroatoms. The summed E-state index contributed by atoms with van der Waals surface area (Å²) < 4.78 is 5.19. The second kappa shape index (κ2) is 8.19. The Morgan fingerprint density at radius 3 is 2.80 bits per heavy atom. The molecule has 0 spiro atoms. The lowest BCUT2D eigenvalue weighted by Crippen LogP contribution is -2.16. The highest BCUT2D eigenvalue weighted by atomic mass is 16.6. The molecule has 20 heavy (non-hydrogen) atoms. The zero-order valence-electron chi connectivity index (χ0n) is 12.0. The highest BCUT2D eigenvalue weighted by Gasteiger charge is 2.17. The Morgan fingerprint density at radius 2 is 2.25 bits per heavy atom. The van der Waals surface area contributed by atoms with E-state index in [0.717, 1.165) is 12.8 Å².